The topological polar surface area (TPSA) is 153 Å². The number of fused-ring (bicyclic) bond motifs is 1. The van der Waals surface area contributed by atoms with Crippen molar-refractivity contribution in [2.75, 3.05) is 52.5 Å². The molecule has 4 aromatic rings. The quantitative estimate of drug-likeness (QED) is 0.189. The van der Waals surface area contributed by atoms with Crippen molar-refractivity contribution in [1.29, 1.82) is 0 Å². The monoisotopic (exact) mass is 651 g/mol. The number of nitrogens with zero attached hydrogens (tertiary/aromatic N) is 3. The number of carbonyl (C=O) groups is 1. The van der Waals surface area contributed by atoms with Crippen molar-refractivity contribution in [3.05, 3.63) is 74.7 Å². The van der Waals surface area contributed by atoms with Crippen LogP contribution in [0.3, 0.4) is 0 Å². The van der Waals surface area contributed by atoms with Gasteiger partial charge in [-0.1, -0.05) is 48.5 Å². The normalized spacial score (nSPS) is 17.6. The number of morpholine rings is 1. The van der Waals surface area contributed by atoms with Gasteiger partial charge in [0.1, 0.15) is 29.4 Å². The van der Waals surface area contributed by atoms with Gasteiger partial charge in [-0.15, -0.1) is 0 Å². The number of aliphatic hydroxyl groups excluding tert-OH is 1. The van der Waals surface area contributed by atoms with Crippen LogP contribution in [0.5, 0.6) is 11.5 Å². The molecule has 0 bridgehead atoms. The highest BCUT2D eigenvalue weighted by Gasteiger charge is 2.41. The Kier molecular flexibility index (Phi) is 9.76. The molecule has 6 rings (SSSR count). The largest absolute Gasteiger partial charge is 0.506 e. The predicted octanol–water partition coefficient (Wildman–Crippen LogP) is 3.62. The van der Waals surface area contributed by atoms with Crippen molar-refractivity contribution >= 4 is 27.5 Å². The number of aromatic hydroxyl groups is 1. The maximum Gasteiger partial charge on any atom is 0.305 e. The fraction of sp³-hybridized carbons (Fsp3) is 0.485. The number of phenols is 1. The van der Waals surface area contributed by atoms with Crippen LogP contribution in [-0.2, 0) is 11.3 Å². The molecule has 1 spiro atoms. The summed E-state index contributed by atoms with van der Waals surface area (Å²) in [5, 5.41) is 27.9. The van der Waals surface area contributed by atoms with Crippen LogP contribution >= 0.6 is 11.3 Å². The Balaban J connectivity index is 0.909. The number of phenolic OH excluding ortho intramolecular Hbond substituents is 1. The molecule has 12 nitrogen and oxygen atoms in total. The highest BCUT2D eigenvalue weighted by Crippen LogP contribution is 2.32. The average Bonchev–Trinajstić information content (AvgIpc) is 3.71. The second-order valence-electron chi connectivity index (χ2n) is 12.4. The van der Waals surface area contributed by atoms with E-state index >= 15 is 0 Å². The zero-order valence-electron chi connectivity index (χ0n) is 26.2. The van der Waals surface area contributed by atoms with Gasteiger partial charge in [0.2, 0.25) is 0 Å². The Hall–Kier alpha value is -3.75. The predicted molar refractivity (Wildman–Crippen MR) is 174 cm³/mol. The van der Waals surface area contributed by atoms with Crippen LogP contribution in [0.25, 0.3) is 10.2 Å². The highest BCUT2D eigenvalue weighted by molar-refractivity contribution is 7.16. The number of amides is 1. The van der Waals surface area contributed by atoms with Crippen LogP contribution in [0.15, 0.2) is 51.8 Å². The van der Waals surface area contributed by atoms with Crippen LogP contribution in [0, 0.1) is 0 Å². The molecule has 4 heterocycles. The molecular weight excluding hydrogens is 610 g/mol. The maximum atomic E-state index is 13.1. The Morgan fingerprint density at radius 1 is 1.17 bits per heavy atom. The van der Waals surface area contributed by atoms with Gasteiger partial charge in [-0.05, 0) is 36.6 Å². The van der Waals surface area contributed by atoms with Gasteiger partial charge in [0.05, 0.1) is 29.6 Å². The third-order valence-corrected chi connectivity index (χ3v) is 9.76. The lowest BCUT2D eigenvalue weighted by Crippen LogP contribution is -2.58. The summed E-state index contributed by atoms with van der Waals surface area (Å²) in [5.74, 6) is 1.59. The summed E-state index contributed by atoms with van der Waals surface area (Å²) in [7, 11) is 0. The van der Waals surface area contributed by atoms with Crippen molar-refractivity contribution in [3.8, 4) is 11.5 Å². The number of hydrogen-bond acceptors (Lipinski definition) is 11. The van der Waals surface area contributed by atoms with Crippen molar-refractivity contribution in [1.82, 2.24) is 25.3 Å². The molecule has 2 aliphatic heterocycles. The molecule has 1 amide bonds. The van der Waals surface area contributed by atoms with Crippen molar-refractivity contribution in [3.63, 3.8) is 0 Å². The van der Waals surface area contributed by atoms with Crippen LogP contribution in [-0.4, -0.2) is 94.1 Å². The molecule has 1 unspecified atom stereocenters. The minimum absolute atomic E-state index is 0.0101. The van der Waals surface area contributed by atoms with Gasteiger partial charge in [-0.3, -0.25) is 14.5 Å². The molecule has 2 saturated heterocycles. The van der Waals surface area contributed by atoms with Crippen LogP contribution < -0.4 is 14.9 Å². The second-order valence-corrected chi connectivity index (χ2v) is 13.4. The summed E-state index contributed by atoms with van der Waals surface area (Å²) in [6.07, 6.45) is 0.879. The number of ether oxygens (including phenoxy) is 2. The number of nitrogens with one attached hydrogen (secondary N) is 2. The summed E-state index contributed by atoms with van der Waals surface area (Å²) in [5.41, 5.74) is 2.04. The van der Waals surface area contributed by atoms with Gasteiger partial charge in [0, 0.05) is 56.8 Å². The van der Waals surface area contributed by atoms with Crippen LogP contribution in [0.4, 0.5) is 0 Å². The lowest BCUT2D eigenvalue weighted by molar-refractivity contribution is -0.127. The smallest absolute Gasteiger partial charge is 0.305 e. The molecule has 1 atom stereocenters. The summed E-state index contributed by atoms with van der Waals surface area (Å²) in [4.78, 5) is 31.4. The molecule has 0 saturated carbocycles. The third kappa shape index (κ3) is 7.29. The number of benzene rings is 2. The number of likely N-dealkylation sites (tertiary alicyclic amines) is 1. The van der Waals surface area contributed by atoms with E-state index in [2.05, 4.69) is 20.4 Å². The first-order valence-corrected chi connectivity index (χ1v) is 16.6. The van der Waals surface area contributed by atoms with Gasteiger partial charge in [-0.2, -0.15) is 0 Å². The lowest BCUT2D eigenvalue weighted by Gasteiger charge is -2.47. The zero-order chi connectivity index (χ0) is 32.3. The van der Waals surface area contributed by atoms with Crippen molar-refractivity contribution in [2.24, 2.45) is 0 Å². The number of hydrogen-bond donors (Lipinski definition) is 4. The third-order valence-electron chi connectivity index (χ3n) is 8.83. The summed E-state index contributed by atoms with van der Waals surface area (Å²) in [6.45, 7) is 9.64. The van der Waals surface area contributed by atoms with E-state index in [1.165, 1.54) is 6.07 Å². The molecule has 2 fully saturated rings. The van der Waals surface area contributed by atoms with Gasteiger partial charge in [0.15, 0.2) is 5.69 Å². The van der Waals surface area contributed by atoms with Crippen LogP contribution in [0.2, 0.25) is 0 Å². The van der Waals surface area contributed by atoms with E-state index in [-0.39, 0.29) is 28.0 Å². The molecular formula is C33H41N5O7S. The molecule has 2 aromatic heterocycles. The van der Waals surface area contributed by atoms with Gasteiger partial charge in [0.25, 0.3) is 5.91 Å². The van der Waals surface area contributed by atoms with Gasteiger partial charge < -0.3 is 39.4 Å². The maximum absolute atomic E-state index is 13.1. The molecule has 0 radical (unpaired) electrons. The number of aliphatic hydroxyl groups is 1. The number of H-pyrrole nitrogens is 1. The Morgan fingerprint density at radius 2 is 1.96 bits per heavy atom. The first-order chi connectivity index (χ1) is 22.2. The van der Waals surface area contributed by atoms with E-state index in [4.69, 9.17) is 14.0 Å². The summed E-state index contributed by atoms with van der Waals surface area (Å²) in [6, 6.07) is 12.8. The number of piperidine rings is 1. The first kappa shape index (κ1) is 32.2. The SMILES string of the molecule is CC(C)c1cc(C(=O)N2CCOC3(CCN(CCOc4ccc(CNCC(O)c5ccc(O)c6[nH]c(=O)sc56)cc4)CC3)C2)no1. The standard InChI is InChI=1S/C33H41N5O7S/c1-21(2)28-17-25(36-45-28)31(41)38-14-16-44-33(20-38)9-11-37(12-10-33)13-15-43-23-5-3-22(4-6-23)18-34-19-27(40)24-7-8-26(39)29-30(24)46-32(42)35-29/h3-8,17,21,27,34,39-40H,9-16,18-20H2,1-2H3,(H,35,42). The number of aromatic amines is 1. The van der Waals surface area contributed by atoms with Gasteiger partial charge >= 0.3 is 4.87 Å². The van der Waals surface area contributed by atoms with E-state index in [0.717, 1.165) is 60.9 Å². The van der Waals surface area contributed by atoms with E-state index in [0.29, 0.717) is 60.9 Å². The Morgan fingerprint density at radius 3 is 2.70 bits per heavy atom. The number of carbonyl (C=O) groups excluding carboxylic acids is 1. The first-order valence-electron chi connectivity index (χ1n) is 15.8. The molecule has 2 aromatic carbocycles. The Bertz CT molecular complexity index is 1690. The minimum Gasteiger partial charge on any atom is -0.506 e. The van der Waals surface area contributed by atoms with E-state index in [9.17, 15) is 19.8 Å². The second kappa shape index (κ2) is 13.9. The van der Waals surface area contributed by atoms with Crippen LogP contribution in [0.1, 0.15) is 66.1 Å². The lowest BCUT2D eigenvalue weighted by atomic mass is 9.89. The van der Waals surface area contributed by atoms with Gasteiger partial charge in [-0.25, -0.2) is 0 Å². The molecule has 4 N–H and O–H groups in total. The summed E-state index contributed by atoms with van der Waals surface area (Å²) < 4.78 is 18.2. The van der Waals surface area contributed by atoms with Crippen molar-refractivity contribution < 1.29 is 29.0 Å². The molecule has 246 valence electrons. The molecule has 0 aliphatic carbocycles. The minimum atomic E-state index is -0.828. The molecule has 13 heteroatoms. The fourth-order valence-corrected chi connectivity index (χ4v) is 7.01. The molecule has 2 aliphatic rings. The van der Waals surface area contributed by atoms with E-state index in [1.54, 1.807) is 12.1 Å². The Labute approximate surface area is 270 Å². The number of thiazole rings is 1. The molecule has 46 heavy (non-hydrogen) atoms. The zero-order valence-corrected chi connectivity index (χ0v) is 27.0. The van der Waals surface area contributed by atoms with E-state index in [1.807, 2.05) is 43.0 Å². The van der Waals surface area contributed by atoms with E-state index < -0.39 is 6.10 Å². The number of rotatable bonds is 11. The van der Waals surface area contributed by atoms with Crippen molar-refractivity contribution in [2.45, 2.75) is 50.9 Å². The fourth-order valence-electron chi connectivity index (χ4n) is 6.09. The summed E-state index contributed by atoms with van der Waals surface area (Å²) >= 11 is 0.976. The number of aromatic nitrogens is 2. The highest BCUT2D eigenvalue weighted by atomic mass is 32.1. The average molecular weight is 652 g/mol.